The van der Waals surface area contributed by atoms with Gasteiger partial charge in [-0.1, -0.05) is 19.3 Å². The van der Waals surface area contributed by atoms with E-state index >= 15 is 0 Å². The Labute approximate surface area is 112 Å². The molecule has 1 aliphatic heterocycles. The number of fused-ring (bicyclic) bond motifs is 1. The minimum absolute atomic E-state index is 0.180. The molecule has 2 aliphatic rings. The highest BCUT2D eigenvalue weighted by Gasteiger charge is 2.40. The van der Waals surface area contributed by atoms with Gasteiger partial charge in [-0.2, -0.15) is 0 Å². The molecule has 1 saturated carbocycles. The molecule has 0 unspecified atom stereocenters. The van der Waals surface area contributed by atoms with Crippen molar-refractivity contribution in [3.05, 3.63) is 23.8 Å². The largest absolute Gasteiger partial charge is 0.497 e. The second-order valence-corrected chi connectivity index (χ2v) is 5.18. The standard InChI is InChI=1S/C15H17NO3/c1-19-11-7-8-13-12(9-11)14(17)15(18)16(13)10-5-3-2-4-6-10/h7-10H,2-6H2,1H3. The molecule has 0 atom stereocenters. The van der Waals surface area contributed by atoms with E-state index < -0.39 is 5.78 Å². The molecule has 0 N–H and O–H groups in total. The summed E-state index contributed by atoms with van der Waals surface area (Å²) in [5, 5.41) is 0. The number of anilines is 1. The van der Waals surface area contributed by atoms with E-state index in [-0.39, 0.29) is 11.9 Å². The van der Waals surface area contributed by atoms with Crippen molar-refractivity contribution in [1.29, 1.82) is 0 Å². The van der Waals surface area contributed by atoms with Crippen LogP contribution in [0.2, 0.25) is 0 Å². The number of benzene rings is 1. The Morgan fingerprint density at radius 1 is 1.16 bits per heavy atom. The Kier molecular flexibility index (Phi) is 3.01. The molecule has 0 aromatic heterocycles. The smallest absolute Gasteiger partial charge is 0.299 e. The fourth-order valence-corrected chi connectivity index (χ4v) is 3.07. The number of ketones is 1. The molecule has 1 heterocycles. The number of hydrogen-bond donors (Lipinski definition) is 0. The summed E-state index contributed by atoms with van der Waals surface area (Å²) in [6.45, 7) is 0. The zero-order chi connectivity index (χ0) is 13.4. The minimum atomic E-state index is -0.403. The molecule has 0 radical (unpaired) electrons. The van der Waals surface area contributed by atoms with Crippen molar-refractivity contribution in [2.24, 2.45) is 0 Å². The third-order valence-corrected chi connectivity index (χ3v) is 4.06. The van der Waals surface area contributed by atoms with E-state index in [9.17, 15) is 9.59 Å². The van der Waals surface area contributed by atoms with E-state index in [2.05, 4.69) is 0 Å². The molecule has 100 valence electrons. The highest BCUT2D eigenvalue weighted by Crippen LogP contribution is 2.36. The molecule has 4 heteroatoms. The normalized spacial score (nSPS) is 19.7. The van der Waals surface area contributed by atoms with E-state index in [0.29, 0.717) is 11.3 Å². The SMILES string of the molecule is COc1ccc2c(c1)C(=O)C(=O)N2C1CCCCC1. The molecule has 1 amide bonds. The number of carbonyl (C=O) groups excluding carboxylic acids is 2. The quantitative estimate of drug-likeness (QED) is 0.767. The lowest BCUT2D eigenvalue weighted by Gasteiger charge is -2.31. The van der Waals surface area contributed by atoms with Crippen LogP contribution in [0.3, 0.4) is 0 Å². The van der Waals surface area contributed by atoms with Gasteiger partial charge in [0.05, 0.1) is 18.4 Å². The maximum Gasteiger partial charge on any atom is 0.299 e. The second-order valence-electron chi connectivity index (χ2n) is 5.18. The summed E-state index contributed by atoms with van der Waals surface area (Å²) in [6, 6.07) is 5.48. The first-order valence-corrected chi connectivity index (χ1v) is 6.78. The Morgan fingerprint density at radius 3 is 2.58 bits per heavy atom. The highest BCUT2D eigenvalue weighted by atomic mass is 16.5. The lowest BCUT2D eigenvalue weighted by molar-refractivity contribution is -0.114. The minimum Gasteiger partial charge on any atom is -0.497 e. The van der Waals surface area contributed by atoms with Gasteiger partial charge in [-0.25, -0.2) is 0 Å². The molecule has 0 saturated heterocycles. The van der Waals surface area contributed by atoms with Crippen LogP contribution in [0.4, 0.5) is 5.69 Å². The third kappa shape index (κ3) is 1.91. The summed E-state index contributed by atoms with van der Waals surface area (Å²) in [5.74, 6) is -0.167. The number of methoxy groups -OCH3 is 1. The molecule has 1 aromatic carbocycles. The molecular weight excluding hydrogens is 242 g/mol. The monoisotopic (exact) mass is 259 g/mol. The highest BCUT2D eigenvalue weighted by molar-refractivity contribution is 6.52. The number of nitrogens with zero attached hydrogens (tertiary/aromatic N) is 1. The van der Waals surface area contributed by atoms with E-state index in [4.69, 9.17) is 4.74 Å². The van der Waals surface area contributed by atoms with Gasteiger partial charge >= 0.3 is 0 Å². The summed E-state index contributed by atoms with van der Waals surface area (Å²) in [5.41, 5.74) is 1.23. The Hall–Kier alpha value is -1.84. The van der Waals surface area contributed by atoms with Crippen LogP contribution in [0.15, 0.2) is 18.2 Å². The van der Waals surface area contributed by atoms with Crippen molar-refractivity contribution >= 4 is 17.4 Å². The number of Topliss-reactive ketones (excluding diaryl/α,β-unsaturated/α-hetero) is 1. The van der Waals surface area contributed by atoms with Crippen LogP contribution >= 0.6 is 0 Å². The molecule has 1 fully saturated rings. The summed E-state index contributed by atoms with van der Waals surface area (Å²) in [7, 11) is 1.56. The van der Waals surface area contributed by atoms with Crippen molar-refractivity contribution in [3.8, 4) is 5.75 Å². The van der Waals surface area contributed by atoms with Gasteiger partial charge in [-0.05, 0) is 31.0 Å². The summed E-state index contributed by atoms with van der Waals surface area (Å²) in [4.78, 5) is 26.0. The Bertz CT molecular complexity index is 532. The molecule has 1 aromatic rings. The lowest BCUT2D eigenvalue weighted by atomic mass is 9.94. The van der Waals surface area contributed by atoms with Crippen molar-refractivity contribution in [3.63, 3.8) is 0 Å². The second kappa shape index (κ2) is 4.68. The predicted octanol–water partition coefficient (Wildman–Crippen LogP) is 2.56. The first-order chi connectivity index (χ1) is 9.22. The molecule has 19 heavy (non-hydrogen) atoms. The average Bonchev–Trinajstić information content (AvgIpc) is 2.71. The van der Waals surface area contributed by atoms with Crippen LogP contribution in [0.5, 0.6) is 5.75 Å². The van der Waals surface area contributed by atoms with E-state index in [1.807, 2.05) is 6.07 Å². The van der Waals surface area contributed by atoms with E-state index in [0.717, 1.165) is 31.4 Å². The third-order valence-electron chi connectivity index (χ3n) is 4.06. The molecule has 0 bridgehead atoms. The Balaban J connectivity index is 1.99. The molecule has 1 aliphatic carbocycles. The maximum absolute atomic E-state index is 12.2. The van der Waals surface area contributed by atoms with Crippen LogP contribution in [0.1, 0.15) is 42.5 Å². The average molecular weight is 259 g/mol. The maximum atomic E-state index is 12.2. The van der Waals surface area contributed by atoms with Crippen LogP contribution < -0.4 is 9.64 Å². The number of carbonyl (C=O) groups is 2. The van der Waals surface area contributed by atoms with Gasteiger partial charge in [0.25, 0.3) is 11.7 Å². The lowest BCUT2D eigenvalue weighted by Crippen LogP contribution is -2.40. The number of hydrogen-bond acceptors (Lipinski definition) is 3. The van der Waals surface area contributed by atoms with Crippen LogP contribution in [-0.2, 0) is 4.79 Å². The van der Waals surface area contributed by atoms with Gasteiger partial charge in [-0.15, -0.1) is 0 Å². The Morgan fingerprint density at radius 2 is 1.89 bits per heavy atom. The fourth-order valence-electron chi connectivity index (χ4n) is 3.07. The summed E-state index contributed by atoms with van der Waals surface area (Å²) in [6.07, 6.45) is 5.47. The van der Waals surface area contributed by atoms with Gasteiger partial charge in [0.1, 0.15) is 5.75 Å². The first-order valence-electron chi connectivity index (χ1n) is 6.78. The van der Waals surface area contributed by atoms with Gasteiger partial charge in [0.2, 0.25) is 0 Å². The zero-order valence-corrected chi connectivity index (χ0v) is 11.0. The van der Waals surface area contributed by atoms with Crippen LogP contribution in [0.25, 0.3) is 0 Å². The van der Waals surface area contributed by atoms with E-state index in [1.54, 1.807) is 24.1 Å². The fraction of sp³-hybridized carbons (Fsp3) is 0.467. The van der Waals surface area contributed by atoms with Gasteiger partial charge in [-0.3, -0.25) is 9.59 Å². The van der Waals surface area contributed by atoms with Crippen molar-refractivity contribution < 1.29 is 14.3 Å². The van der Waals surface area contributed by atoms with Crippen molar-refractivity contribution in [2.75, 3.05) is 12.0 Å². The van der Waals surface area contributed by atoms with Crippen LogP contribution in [-0.4, -0.2) is 24.8 Å². The van der Waals surface area contributed by atoms with Crippen molar-refractivity contribution in [2.45, 2.75) is 38.1 Å². The van der Waals surface area contributed by atoms with E-state index in [1.165, 1.54) is 6.42 Å². The van der Waals surface area contributed by atoms with Crippen LogP contribution in [0, 0.1) is 0 Å². The summed E-state index contributed by atoms with van der Waals surface area (Å²) >= 11 is 0. The van der Waals surface area contributed by atoms with Gasteiger partial charge in [0.15, 0.2) is 0 Å². The van der Waals surface area contributed by atoms with Crippen molar-refractivity contribution in [1.82, 2.24) is 0 Å². The van der Waals surface area contributed by atoms with Gasteiger partial charge in [0, 0.05) is 6.04 Å². The number of ether oxygens (including phenoxy) is 1. The predicted molar refractivity (Wildman–Crippen MR) is 71.7 cm³/mol. The zero-order valence-electron chi connectivity index (χ0n) is 11.0. The molecular formula is C15H17NO3. The molecule has 4 nitrogen and oxygen atoms in total. The number of amides is 1. The molecule has 3 rings (SSSR count). The molecule has 0 spiro atoms. The number of rotatable bonds is 2. The topological polar surface area (TPSA) is 46.6 Å². The van der Waals surface area contributed by atoms with Gasteiger partial charge < -0.3 is 9.64 Å². The first kappa shape index (κ1) is 12.2. The summed E-state index contributed by atoms with van der Waals surface area (Å²) < 4.78 is 5.12.